The molecule has 122 valence electrons. The molecule has 0 radical (unpaired) electrons. The van der Waals surface area contributed by atoms with E-state index in [4.69, 9.17) is 21.5 Å². The van der Waals surface area contributed by atoms with Crippen molar-refractivity contribution in [1.29, 1.82) is 5.26 Å². The lowest BCUT2D eigenvalue weighted by atomic mass is 9.88. The van der Waals surface area contributed by atoms with E-state index >= 15 is 0 Å². The van der Waals surface area contributed by atoms with Crippen LogP contribution in [0.3, 0.4) is 0 Å². The number of hydrogen-bond donors (Lipinski definition) is 2. The lowest BCUT2D eigenvalue weighted by molar-refractivity contribution is -0.137. The van der Waals surface area contributed by atoms with Crippen LogP contribution in [0.2, 0.25) is 0 Å². The van der Waals surface area contributed by atoms with Crippen LogP contribution in [0, 0.1) is 11.3 Å². The lowest BCUT2D eigenvalue weighted by Crippen LogP contribution is -2.59. The molecule has 0 spiro atoms. The zero-order chi connectivity index (χ0) is 17.0. The zero-order valence-corrected chi connectivity index (χ0v) is 14.0. The maximum Gasteiger partial charge on any atom is 0.260 e. The molecule has 1 fully saturated rings. The second kappa shape index (κ2) is 6.98. The second-order valence-corrected chi connectivity index (χ2v) is 6.30. The van der Waals surface area contributed by atoms with Gasteiger partial charge in [-0.15, -0.1) is 0 Å². The topological polar surface area (TPSA) is 122 Å². The molecule has 0 aliphatic carbocycles. The normalized spacial score (nSPS) is 16.5. The number of halogens is 1. The van der Waals surface area contributed by atoms with E-state index in [2.05, 4.69) is 15.9 Å². The van der Waals surface area contributed by atoms with Crippen LogP contribution in [0.4, 0.5) is 0 Å². The number of likely N-dealkylation sites (tertiary alicyclic amines) is 1. The molecule has 8 heteroatoms. The van der Waals surface area contributed by atoms with Crippen LogP contribution in [-0.4, -0.2) is 41.9 Å². The van der Waals surface area contributed by atoms with Gasteiger partial charge < -0.3 is 21.1 Å². The summed E-state index contributed by atoms with van der Waals surface area (Å²) in [5.74, 6) is -0.230. The van der Waals surface area contributed by atoms with Crippen LogP contribution in [0.1, 0.15) is 18.4 Å². The molecule has 4 N–H and O–H groups in total. The third-order valence-corrected chi connectivity index (χ3v) is 4.58. The Labute approximate surface area is 142 Å². The average molecular weight is 381 g/mol. The van der Waals surface area contributed by atoms with Crippen molar-refractivity contribution < 1.29 is 14.3 Å². The molecular formula is C15H17BrN4O3. The van der Waals surface area contributed by atoms with Crippen LogP contribution in [0.5, 0.6) is 5.75 Å². The maximum absolute atomic E-state index is 12.1. The summed E-state index contributed by atoms with van der Waals surface area (Å²) in [6.45, 7) is 0.629. The number of carbonyl (C=O) groups is 2. The summed E-state index contributed by atoms with van der Waals surface area (Å²) < 4.78 is 6.06. The molecule has 2 amide bonds. The molecule has 2 rings (SSSR count). The quantitative estimate of drug-likeness (QED) is 0.787. The molecule has 0 bridgehead atoms. The van der Waals surface area contributed by atoms with E-state index in [9.17, 15) is 9.59 Å². The smallest absolute Gasteiger partial charge is 0.260 e. The molecule has 0 saturated carbocycles. The minimum absolute atomic E-state index is 0.119. The van der Waals surface area contributed by atoms with Crippen molar-refractivity contribution in [2.75, 3.05) is 19.7 Å². The van der Waals surface area contributed by atoms with Crippen molar-refractivity contribution in [1.82, 2.24) is 4.90 Å². The van der Waals surface area contributed by atoms with E-state index in [1.807, 2.05) is 6.07 Å². The standard InChI is InChI=1S/C15H17BrN4O3/c16-12-7-11(2-1-10(12)8-17)23-9-13(21)20-5-3-15(19,4-6-20)14(18)22/h1-2,7H,3-6,9,19H2,(H2,18,22). The second-order valence-electron chi connectivity index (χ2n) is 5.44. The first-order valence-corrected chi connectivity index (χ1v) is 7.84. The predicted octanol–water partition coefficient (Wildman–Crippen LogP) is 0.505. The summed E-state index contributed by atoms with van der Waals surface area (Å²) >= 11 is 3.26. The molecule has 1 aliphatic rings. The van der Waals surface area contributed by atoms with E-state index in [0.29, 0.717) is 41.7 Å². The summed E-state index contributed by atoms with van der Waals surface area (Å²) in [4.78, 5) is 25.0. The number of hydrogen-bond acceptors (Lipinski definition) is 5. The highest BCUT2D eigenvalue weighted by molar-refractivity contribution is 9.10. The molecule has 1 aromatic carbocycles. The number of nitriles is 1. The van der Waals surface area contributed by atoms with Crippen molar-refractivity contribution in [3.8, 4) is 11.8 Å². The van der Waals surface area contributed by atoms with Gasteiger partial charge in [0, 0.05) is 17.6 Å². The molecule has 1 saturated heterocycles. The number of carbonyl (C=O) groups excluding carboxylic acids is 2. The Morgan fingerprint density at radius 3 is 2.57 bits per heavy atom. The molecule has 1 heterocycles. The van der Waals surface area contributed by atoms with Crippen molar-refractivity contribution in [3.05, 3.63) is 28.2 Å². The first kappa shape index (κ1) is 17.2. The lowest BCUT2D eigenvalue weighted by Gasteiger charge is -2.36. The Balaban J connectivity index is 1.88. The molecule has 1 aliphatic heterocycles. The average Bonchev–Trinajstić information content (AvgIpc) is 2.53. The number of primary amides is 1. The maximum atomic E-state index is 12.1. The number of ether oxygens (including phenoxy) is 1. The SMILES string of the molecule is N#Cc1ccc(OCC(=O)N2CCC(N)(C(N)=O)CC2)cc1Br. The Morgan fingerprint density at radius 2 is 2.04 bits per heavy atom. The van der Waals surface area contributed by atoms with Gasteiger partial charge in [0.05, 0.1) is 11.1 Å². The van der Waals surface area contributed by atoms with Crippen molar-refractivity contribution in [3.63, 3.8) is 0 Å². The van der Waals surface area contributed by atoms with E-state index in [0.717, 1.165) is 0 Å². The highest BCUT2D eigenvalue weighted by atomic mass is 79.9. The van der Waals surface area contributed by atoms with Gasteiger partial charge in [0.15, 0.2) is 6.61 Å². The summed E-state index contributed by atoms with van der Waals surface area (Å²) in [6, 6.07) is 6.91. The number of benzene rings is 1. The third kappa shape index (κ3) is 4.00. The molecule has 0 aromatic heterocycles. The van der Waals surface area contributed by atoms with Crippen molar-refractivity contribution >= 4 is 27.7 Å². The summed E-state index contributed by atoms with van der Waals surface area (Å²) in [7, 11) is 0. The number of piperidine rings is 1. The fraction of sp³-hybridized carbons (Fsp3) is 0.400. The first-order chi connectivity index (χ1) is 10.9. The van der Waals surface area contributed by atoms with Gasteiger partial charge in [0.25, 0.3) is 5.91 Å². The van der Waals surface area contributed by atoms with E-state index in [-0.39, 0.29) is 12.5 Å². The van der Waals surface area contributed by atoms with Gasteiger partial charge in [0.2, 0.25) is 5.91 Å². The number of amides is 2. The first-order valence-electron chi connectivity index (χ1n) is 7.05. The van der Waals surface area contributed by atoms with Crippen LogP contribution in [-0.2, 0) is 9.59 Å². The fourth-order valence-corrected chi connectivity index (χ4v) is 2.76. The number of nitrogens with two attached hydrogens (primary N) is 2. The van der Waals surface area contributed by atoms with Gasteiger partial charge >= 0.3 is 0 Å². The van der Waals surface area contributed by atoms with Gasteiger partial charge in [-0.05, 0) is 47.0 Å². The van der Waals surface area contributed by atoms with Gasteiger partial charge in [-0.1, -0.05) is 0 Å². The minimum atomic E-state index is -1.03. The summed E-state index contributed by atoms with van der Waals surface area (Å²) in [6.07, 6.45) is 0.687. The fourth-order valence-electron chi connectivity index (χ4n) is 2.31. The molecule has 7 nitrogen and oxygen atoms in total. The zero-order valence-electron chi connectivity index (χ0n) is 12.4. The molecule has 0 unspecified atom stereocenters. The van der Waals surface area contributed by atoms with Crippen LogP contribution < -0.4 is 16.2 Å². The van der Waals surface area contributed by atoms with E-state index in [1.54, 1.807) is 23.1 Å². The van der Waals surface area contributed by atoms with Gasteiger partial charge in [-0.3, -0.25) is 9.59 Å². The van der Waals surface area contributed by atoms with Gasteiger partial charge in [-0.25, -0.2) is 0 Å². The summed E-state index contributed by atoms with van der Waals surface area (Å²) in [5.41, 5.74) is 10.6. The molecule has 23 heavy (non-hydrogen) atoms. The van der Waals surface area contributed by atoms with Crippen molar-refractivity contribution in [2.45, 2.75) is 18.4 Å². The van der Waals surface area contributed by atoms with E-state index in [1.165, 1.54) is 0 Å². The summed E-state index contributed by atoms with van der Waals surface area (Å²) in [5, 5.41) is 8.85. The van der Waals surface area contributed by atoms with Crippen molar-refractivity contribution in [2.24, 2.45) is 11.5 Å². The Morgan fingerprint density at radius 1 is 1.39 bits per heavy atom. The molecule has 0 atom stereocenters. The Kier molecular flexibility index (Phi) is 5.23. The monoisotopic (exact) mass is 380 g/mol. The van der Waals surface area contributed by atoms with Crippen LogP contribution in [0.15, 0.2) is 22.7 Å². The number of nitrogens with zero attached hydrogens (tertiary/aromatic N) is 2. The number of rotatable bonds is 4. The Bertz CT molecular complexity index is 663. The Hall–Kier alpha value is -2.11. The minimum Gasteiger partial charge on any atom is -0.484 e. The van der Waals surface area contributed by atoms with Gasteiger partial charge in [0.1, 0.15) is 11.8 Å². The highest BCUT2D eigenvalue weighted by Crippen LogP contribution is 2.23. The van der Waals surface area contributed by atoms with E-state index < -0.39 is 11.4 Å². The molecule has 1 aromatic rings. The largest absolute Gasteiger partial charge is 0.484 e. The highest BCUT2D eigenvalue weighted by Gasteiger charge is 2.37. The third-order valence-electron chi connectivity index (χ3n) is 3.92. The van der Waals surface area contributed by atoms with Gasteiger partial charge in [-0.2, -0.15) is 5.26 Å². The van der Waals surface area contributed by atoms with Crippen LogP contribution >= 0.6 is 15.9 Å². The molecular weight excluding hydrogens is 364 g/mol. The predicted molar refractivity (Wildman–Crippen MR) is 86.3 cm³/mol. The van der Waals surface area contributed by atoms with Crippen LogP contribution in [0.25, 0.3) is 0 Å².